The number of hydrogen-bond donors (Lipinski definition) is 1. The molecule has 0 atom stereocenters. The predicted octanol–water partition coefficient (Wildman–Crippen LogP) is 4.32. The van der Waals surface area contributed by atoms with Gasteiger partial charge in [0.25, 0.3) is 0 Å². The lowest BCUT2D eigenvalue weighted by Crippen LogP contribution is -2.40. The monoisotopic (exact) mass is 325 g/mol. The summed E-state index contributed by atoms with van der Waals surface area (Å²) in [7, 11) is -2.81. The Kier molecular flexibility index (Phi) is 5.17. The van der Waals surface area contributed by atoms with E-state index in [2.05, 4.69) is 14.4 Å². The van der Waals surface area contributed by atoms with E-state index in [-0.39, 0.29) is 5.82 Å². The molecule has 0 saturated carbocycles. The molecule has 2 aliphatic heterocycles. The van der Waals surface area contributed by atoms with Crippen LogP contribution in [0.25, 0.3) is 0 Å². The third-order valence-corrected chi connectivity index (χ3v) is 7.43. The van der Waals surface area contributed by atoms with Crippen LogP contribution in [0.15, 0.2) is 24.3 Å². The molecule has 0 aromatic heterocycles. The smallest absolute Gasteiger partial charge is 0.308 e. The van der Waals surface area contributed by atoms with Gasteiger partial charge >= 0.3 is 7.59 Å². The summed E-state index contributed by atoms with van der Waals surface area (Å²) in [5.74, 6) is -0.267. The van der Waals surface area contributed by atoms with Crippen molar-refractivity contribution in [3.63, 3.8) is 0 Å². The van der Waals surface area contributed by atoms with Crippen LogP contribution < -0.4 is 5.09 Å². The summed E-state index contributed by atoms with van der Waals surface area (Å²) in [6.07, 6.45) is 6.83. The van der Waals surface area contributed by atoms with Crippen LogP contribution in [-0.2, 0) is 4.57 Å². The summed E-state index contributed by atoms with van der Waals surface area (Å²) in [4.78, 5) is 0. The highest BCUT2D eigenvalue weighted by atomic mass is 31.2. The lowest BCUT2D eigenvalue weighted by Gasteiger charge is -2.42. The maximum atomic E-state index is 13.8. The van der Waals surface area contributed by atoms with Gasteiger partial charge in [-0.1, -0.05) is 12.8 Å². The molecule has 1 aromatic rings. The summed E-state index contributed by atoms with van der Waals surface area (Å²) in [6, 6.07) is 6.18. The van der Waals surface area contributed by atoms with Gasteiger partial charge in [-0.05, 0) is 49.9 Å². The van der Waals surface area contributed by atoms with Gasteiger partial charge < -0.3 is 5.09 Å². The van der Waals surface area contributed by atoms with Crippen LogP contribution in [0.2, 0.25) is 0 Å². The van der Waals surface area contributed by atoms with Crippen LogP contribution in [-0.4, -0.2) is 35.5 Å². The number of hydrogen-bond acceptors (Lipinski definition) is 1. The lowest BCUT2D eigenvalue weighted by molar-refractivity contribution is 0.279. The molecule has 2 heterocycles. The van der Waals surface area contributed by atoms with E-state index in [1.54, 1.807) is 12.1 Å². The molecular formula is C16H25FN3OP. The zero-order valence-corrected chi connectivity index (χ0v) is 13.9. The fourth-order valence-electron chi connectivity index (χ4n) is 3.31. The highest BCUT2D eigenvalue weighted by Gasteiger charge is 2.38. The van der Waals surface area contributed by atoms with Crippen molar-refractivity contribution in [3.05, 3.63) is 30.1 Å². The standard InChI is InChI=1S/C16H25FN3OP/c17-15-7-9-16(10-8-15)18-22(21,19-11-3-1-4-12-19)20-13-5-2-6-14-20/h7-10H,1-6,11-14H2,(H,18,21). The normalized spacial score (nSPS) is 21.7. The fraction of sp³-hybridized carbons (Fsp3) is 0.625. The van der Waals surface area contributed by atoms with Gasteiger partial charge in [-0.25, -0.2) is 13.7 Å². The summed E-state index contributed by atoms with van der Waals surface area (Å²) < 4.78 is 31.2. The molecule has 4 nitrogen and oxygen atoms in total. The molecule has 0 radical (unpaired) electrons. The van der Waals surface area contributed by atoms with E-state index in [9.17, 15) is 8.96 Å². The highest BCUT2D eigenvalue weighted by Crippen LogP contribution is 2.54. The van der Waals surface area contributed by atoms with Crippen LogP contribution in [0.1, 0.15) is 38.5 Å². The van der Waals surface area contributed by atoms with Gasteiger partial charge in [0.15, 0.2) is 0 Å². The predicted molar refractivity (Wildman–Crippen MR) is 88.5 cm³/mol. The van der Waals surface area contributed by atoms with Gasteiger partial charge in [-0.2, -0.15) is 0 Å². The van der Waals surface area contributed by atoms with Crippen LogP contribution in [0.5, 0.6) is 0 Å². The molecule has 1 N–H and O–H groups in total. The van der Waals surface area contributed by atoms with E-state index in [0.717, 1.165) is 57.5 Å². The van der Waals surface area contributed by atoms with Crippen molar-refractivity contribution in [2.75, 3.05) is 31.3 Å². The Morgan fingerprint density at radius 3 is 1.73 bits per heavy atom. The highest BCUT2D eigenvalue weighted by molar-refractivity contribution is 7.60. The van der Waals surface area contributed by atoms with Crippen molar-refractivity contribution in [2.24, 2.45) is 0 Å². The van der Waals surface area contributed by atoms with Gasteiger partial charge in [0.1, 0.15) is 5.82 Å². The lowest BCUT2D eigenvalue weighted by atomic mass is 10.2. The van der Waals surface area contributed by atoms with E-state index in [1.807, 2.05) is 0 Å². The molecule has 2 saturated heterocycles. The Balaban J connectivity index is 1.83. The van der Waals surface area contributed by atoms with E-state index >= 15 is 0 Å². The Morgan fingerprint density at radius 1 is 0.818 bits per heavy atom. The number of rotatable bonds is 4. The first-order valence-electron chi connectivity index (χ1n) is 8.33. The minimum atomic E-state index is -2.81. The van der Waals surface area contributed by atoms with Gasteiger partial charge in [0, 0.05) is 31.9 Å². The fourth-order valence-corrected chi connectivity index (χ4v) is 6.09. The summed E-state index contributed by atoms with van der Waals surface area (Å²) >= 11 is 0. The summed E-state index contributed by atoms with van der Waals surface area (Å²) in [5.41, 5.74) is 0.737. The molecule has 2 fully saturated rings. The molecule has 3 rings (SSSR count). The average molecular weight is 325 g/mol. The van der Waals surface area contributed by atoms with Gasteiger partial charge in [0.05, 0.1) is 0 Å². The zero-order chi connectivity index (χ0) is 15.4. The minimum Gasteiger partial charge on any atom is -0.313 e. The van der Waals surface area contributed by atoms with E-state index in [0.29, 0.717) is 0 Å². The van der Waals surface area contributed by atoms with Gasteiger partial charge in [-0.15, -0.1) is 0 Å². The molecular weight excluding hydrogens is 300 g/mol. The number of nitrogens with one attached hydrogen (secondary N) is 1. The van der Waals surface area contributed by atoms with Crippen molar-refractivity contribution >= 4 is 13.3 Å². The van der Waals surface area contributed by atoms with Crippen molar-refractivity contribution in [1.29, 1.82) is 0 Å². The molecule has 0 spiro atoms. The SMILES string of the molecule is O=P(Nc1ccc(F)cc1)(N1CCCCC1)N1CCCCC1. The molecule has 0 aliphatic carbocycles. The largest absolute Gasteiger partial charge is 0.313 e. The van der Waals surface area contributed by atoms with Crippen molar-refractivity contribution in [1.82, 2.24) is 9.34 Å². The number of piperidine rings is 2. The van der Waals surface area contributed by atoms with Gasteiger partial charge in [-0.3, -0.25) is 4.57 Å². The topological polar surface area (TPSA) is 35.6 Å². The first kappa shape index (κ1) is 16.0. The average Bonchev–Trinajstić information content (AvgIpc) is 2.58. The Hall–Kier alpha value is -0.900. The Labute approximate surface area is 132 Å². The first-order valence-corrected chi connectivity index (χ1v) is 9.94. The molecule has 0 bridgehead atoms. The molecule has 0 unspecified atom stereocenters. The van der Waals surface area contributed by atoms with Crippen LogP contribution in [0.4, 0.5) is 10.1 Å². The molecule has 2 aliphatic rings. The molecule has 22 heavy (non-hydrogen) atoms. The number of nitrogens with zero attached hydrogens (tertiary/aromatic N) is 2. The quantitative estimate of drug-likeness (QED) is 0.837. The van der Waals surface area contributed by atoms with E-state index in [1.165, 1.54) is 25.0 Å². The number of anilines is 1. The maximum absolute atomic E-state index is 13.8. The second-order valence-corrected chi connectivity index (χ2v) is 8.63. The second kappa shape index (κ2) is 7.12. The Morgan fingerprint density at radius 2 is 1.27 bits per heavy atom. The van der Waals surface area contributed by atoms with E-state index < -0.39 is 7.59 Å². The van der Waals surface area contributed by atoms with Crippen LogP contribution >= 0.6 is 7.59 Å². The third kappa shape index (κ3) is 3.53. The summed E-state index contributed by atoms with van der Waals surface area (Å²) in [6.45, 7) is 3.51. The number of benzene rings is 1. The molecule has 0 amide bonds. The zero-order valence-electron chi connectivity index (χ0n) is 13.0. The Bertz CT molecular complexity index is 503. The maximum Gasteiger partial charge on any atom is 0.308 e. The van der Waals surface area contributed by atoms with Crippen molar-refractivity contribution < 1.29 is 8.96 Å². The van der Waals surface area contributed by atoms with Crippen molar-refractivity contribution in [3.8, 4) is 0 Å². The van der Waals surface area contributed by atoms with Crippen molar-refractivity contribution in [2.45, 2.75) is 38.5 Å². The van der Waals surface area contributed by atoms with E-state index in [4.69, 9.17) is 0 Å². The number of halogens is 1. The van der Waals surface area contributed by atoms with Gasteiger partial charge in [0.2, 0.25) is 0 Å². The van der Waals surface area contributed by atoms with Crippen LogP contribution in [0.3, 0.4) is 0 Å². The second-order valence-electron chi connectivity index (χ2n) is 6.19. The van der Waals surface area contributed by atoms with Crippen LogP contribution in [0, 0.1) is 5.82 Å². The molecule has 6 heteroatoms. The summed E-state index contributed by atoms with van der Waals surface area (Å²) in [5, 5.41) is 3.26. The third-order valence-electron chi connectivity index (χ3n) is 4.55. The molecule has 122 valence electrons. The first-order chi connectivity index (χ1) is 10.7. The molecule has 1 aromatic carbocycles. The minimum absolute atomic E-state index is 0.267.